The Morgan fingerprint density at radius 3 is 2.82 bits per heavy atom. The minimum atomic E-state index is -0.717. The van der Waals surface area contributed by atoms with Gasteiger partial charge in [-0.1, -0.05) is 13.8 Å². The Morgan fingerprint density at radius 2 is 2.18 bits per heavy atom. The van der Waals surface area contributed by atoms with Crippen LogP contribution in [0.4, 0.5) is 11.5 Å². The van der Waals surface area contributed by atoms with Gasteiger partial charge in [-0.05, 0) is 43.9 Å². The molecule has 1 aliphatic heterocycles. The summed E-state index contributed by atoms with van der Waals surface area (Å²) < 4.78 is 11.0. The molecule has 0 amide bonds. The molecule has 8 nitrogen and oxygen atoms in total. The molecule has 3 heterocycles. The molecule has 1 fully saturated rings. The van der Waals surface area contributed by atoms with Gasteiger partial charge < -0.3 is 14.1 Å². The lowest BCUT2D eigenvalue weighted by Gasteiger charge is -2.38. The van der Waals surface area contributed by atoms with Gasteiger partial charge in [0.05, 0.1) is 17.6 Å². The van der Waals surface area contributed by atoms with Crippen LogP contribution in [-0.2, 0) is 11.2 Å². The number of aryl methyl sites for hydroxylation is 1. The van der Waals surface area contributed by atoms with Crippen molar-refractivity contribution >= 4 is 17.5 Å². The van der Waals surface area contributed by atoms with Gasteiger partial charge in [0.2, 0.25) is 5.82 Å². The molecule has 1 aliphatic rings. The molecule has 3 rings (SSSR count). The van der Waals surface area contributed by atoms with Crippen LogP contribution in [0.2, 0.25) is 0 Å². The van der Waals surface area contributed by atoms with Crippen molar-refractivity contribution < 1.29 is 18.9 Å². The average molecular weight is 387 g/mol. The van der Waals surface area contributed by atoms with Crippen LogP contribution in [-0.4, -0.2) is 29.0 Å². The molecule has 0 spiro atoms. The Balaban J connectivity index is 2.07. The Bertz CT molecular complexity index is 863. The first-order valence-electron chi connectivity index (χ1n) is 9.61. The number of anilines is 1. The van der Waals surface area contributed by atoms with Crippen molar-refractivity contribution in [2.75, 3.05) is 18.1 Å². The first kappa shape index (κ1) is 19.9. The number of hydrogen-bond donors (Lipinski definition) is 0. The van der Waals surface area contributed by atoms with E-state index in [1.54, 1.807) is 6.92 Å². The first-order valence-corrected chi connectivity index (χ1v) is 9.61. The Labute approximate surface area is 163 Å². The third-order valence-electron chi connectivity index (χ3n) is 5.08. The second-order valence-electron chi connectivity index (χ2n) is 7.00. The third-order valence-corrected chi connectivity index (χ3v) is 5.08. The molecule has 2 aromatic heterocycles. The summed E-state index contributed by atoms with van der Waals surface area (Å²) >= 11 is 0. The maximum absolute atomic E-state index is 12.3. The van der Waals surface area contributed by atoms with Crippen molar-refractivity contribution in [3.05, 3.63) is 51.6 Å². The molecule has 2 aromatic rings. The number of esters is 1. The second-order valence-corrected chi connectivity index (χ2v) is 7.00. The minimum absolute atomic E-state index is 0.0806. The van der Waals surface area contributed by atoms with E-state index in [2.05, 4.69) is 11.9 Å². The summed E-state index contributed by atoms with van der Waals surface area (Å²) in [5.74, 6) is 1.55. The lowest BCUT2D eigenvalue weighted by molar-refractivity contribution is -0.384. The number of pyridine rings is 1. The van der Waals surface area contributed by atoms with E-state index in [1.807, 2.05) is 24.0 Å². The van der Waals surface area contributed by atoms with Crippen molar-refractivity contribution in [1.29, 1.82) is 0 Å². The van der Waals surface area contributed by atoms with Gasteiger partial charge in [0.25, 0.3) is 0 Å². The predicted octanol–water partition coefficient (Wildman–Crippen LogP) is 4.30. The van der Waals surface area contributed by atoms with Gasteiger partial charge in [-0.2, -0.15) is 0 Å². The zero-order valence-electron chi connectivity index (χ0n) is 16.4. The van der Waals surface area contributed by atoms with E-state index in [1.165, 1.54) is 12.3 Å². The highest BCUT2D eigenvalue weighted by molar-refractivity contribution is 5.96. The topological polar surface area (TPSA) is 98.7 Å². The second kappa shape index (κ2) is 8.41. The van der Waals surface area contributed by atoms with Gasteiger partial charge >= 0.3 is 11.7 Å². The van der Waals surface area contributed by atoms with Crippen LogP contribution in [0.1, 0.15) is 61.5 Å². The van der Waals surface area contributed by atoms with Crippen LogP contribution in [0.15, 0.2) is 28.8 Å². The molecule has 0 N–H and O–H groups in total. The molecule has 0 unspecified atom stereocenters. The van der Waals surface area contributed by atoms with Gasteiger partial charge in [0.1, 0.15) is 17.1 Å². The molecule has 8 heteroatoms. The van der Waals surface area contributed by atoms with E-state index in [9.17, 15) is 14.9 Å². The first-order chi connectivity index (χ1) is 13.5. The third kappa shape index (κ3) is 3.85. The zero-order valence-corrected chi connectivity index (χ0v) is 16.4. The standard InChI is InChI=1S/C20H25N3O5/c1-4-14-6-7-17(28-14)16-12-13(3)9-11-22(16)19-18(23(25)26)15(8-10-21-19)20(24)27-5-2/h6-8,10,13,16H,4-5,9,11-12H2,1-3H3/t13-,16+/m0/s1. The monoisotopic (exact) mass is 387 g/mol. The fraction of sp³-hybridized carbons (Fsp3) is 0.500. The summed E-state index contributed by atoms with van der Waals surface area (Å²) in [5.41, 5.74) is -0.398. The number of nitrogens with zero attached hydrogens (tertiary/aromatic N) is 3. The highest BCUT2D eigenvalue weighted by atomic mass is 16.6. The quantitative estimate of drug-likeness (QED) is 0.414. The van der Waals surface area contributed by atoms with Gasteiger partial charge in [-0.15, -0.1) is 0 Å². The van der Waals surface area contributed by atoms with Crippen molar-refractivity contribution in [3.63, 3.8) is 0 Å². The Kier molecular flexibility index (Phi) is 5.96. The average Bonchev–Trinajstić information content (AvgIpc) is 3.16. The van der Waals surface area contributed by atoms with Crippen molar-refractivity contribution in [3.8, 4) is 0 Å². The van der Waals surface area contributed by atoms with Crippen molar-refractivity contribution in [2.24, 2.45) is 5.92 Å². The Morgan fingerprint density at radius 1 is 1.39 bits per heavy atom. The van der Waals surface area contributed by atoms with Crippen molar-refractivity contribution in [2.45, 2.75) is 46.1 Å². The molecule has 150 valence electrons. The Hall–Kier alpha value is -2.90. The van der Waals surface area contributed by atoms with Gasteiger partial charge in [0.15, 0.2) is 0 Å². The fourth-order valence-corrected chi connectivity index (χ4v) is 3.64. The number of carbonyl (C=O) groups is 1. The minimum Gasteiger partial charge on any atom is -0.464 e. The largest absolute Gasteiger partial charge is 0.464 e. The molecule has 0 aromatic carbocycles. The van der Waals surface area contributed by atoms with Crippen LogP contribution in [0.5, 0.6) is 0 Å². The van der Waals surface area contributed by atoms with E-state index in [-0.39, 0.29) is 29.7 Å². The number of piperidine rings is 1. The van der Waals surface area contributed by atoms with Crippen LogP contribution in [0.3, 0.4) is 0 Å². The predicted molar refractivity (Wildman–Crippen MR) is 103 cm³/mol. The smallest absolute Gasteiger partial charge is 0.345 e. The molecule has 0 saturated carbocycles. The zero-order chi connectivity index (χ0) is 20.3. The molecule has 0 bridgehead atoms. The lowest BCUT2D eigenvalue weighted by Crippen LogP contribution is -2.37. The summed E-state index contributed by atoms with van der Waals surface area (Å²) in [4.78, 5) is 29.7. The number of nitro groups is 1. The number of rotatable bonds is 6. The normalized spacial score (nSPS) is 19.5. The molecular weight excluding hydrogens is 362 g/mol. The van der Waals surface area contributed by atoms with Gasteiger partial charge in [0, 0.05) is 19.2 Å². The van der Waals surface area contributed by atoms with Gasteiger partial charge in [-0.3, -0.25) is 10.1 Å². The number of hydrogen-bond acceptors (Lipinski definition) is 7. The van der Waals surface area contributed by atoms with E-state index in [0.717, 1.165) is 30.8 Å². The number of ether oxygens (including phenoxy) is 1. The van der Waals surface area contributed by atoms with E-state index >= 15 is 0 Å². The number of carbonyl (C=O) groups excluding carboxylic acids is 1. The molecule has 1 saturated heterocycles. The van der Waals surface area contributed by atoms with E-state index in [4.69, 9.17) is 9.15 Å². The highest BCUT2D eigenvalue weighted by Gasteiger charge is 2.37. The number of aromatic nitrogens is 1. The molecule has 0 radical (unpaired) electrons. The summed E-state index contributed by atoms with van der Waals surface area (Å²) in [5, 5.41) is 11.9. The highest BCUT2D eigenvalue weighted by Crippen LogP contribution is 2.41. The summed E-state index contributed by atoms with van der Waals surface area (Å²) in [6.07, 6.45) is 3.86. The molecule has 28 heavy (non-hydrogen) atoms. The van der Waals surface area contributed by atoms with Gasteiger partial charge in [-0.25, -0.2) is 9.78 Å². The van der Waals surface area contributed by atoms with Crippen LogP contribution in [0.25, 0.3) is 0 Å². The fourth-order valence-electron chi connectivity index (χ4n) is 3.64. The van der Waals surface area contributed by atoms with Crippen LogP contribution < -0.4 is 4.90 Å². The summed E-state index contributed by atoms with van der Waals surface area (Å²) in [6, 6.07) is 5.02. The molecular formula is C20H25N3O5. The summed E-state index contributed by atoms with van der Waals surface area (Å²) in [7, 11) is 0. The van der Waals surface area contributed by atoms with E-state index in [0.29, 0.717) is 12.5 Å². The van der Waals surface area contributed by atoms with Crippen LogP contribution >= 0.6 is 0 Å². The van der Waals surface area contributed by atoms with E-state index < -0.39 is 10.9 Å². The van der Waals surface area contributed by atoms with Crippen molar-refractivity contribution in [1.82, 2.24) is 4.98 Å². The summed E-state index contributed by atoms with van der Waals surface area (Å²) in [6.45, 7) is 6.57. The lowest BCUT2D eigenvalue weighted by atomic mass is 9.91. The molecule has 2 atom stereocenters. The van der Waals surface area contributed by atoms with Crippen LogP contribution in [0, 0.1) is 16.0 Å². The maximum Gasteiger partial charge on any atom is 0.345 e. The maximum atomic E-state index is 12.3. The molecule has 0 aliphatic carbocycles. The number of furan rings is 1. The SMILES string of the molecule is CCOC(=O)c1ccnc(N2CC[C@H](C)C[C@@H]2c2ccc(CC)o2)c1[N+](=O)[O-].